The summed E-state index contributed by atoms with van der Waals surface area (Å²) < 4.78 is 25.0. The molecule has 7 heteroatoms. The summed E-state index contributed by atoms with van der Waals surface area (Å²) in [5.74, 6) is -0.936. The molecule has 1 aliphatic heterocycles. The molecule has 6 nitrogen and oxygen atoms in total. The van der Waals surface area contributed by atoms with Gasteiger partial charge in [-0.2, -0.15) is 0 Å². The Morgan fingerprint density at radius 2 is 1.95 bits per heavy atom. The van der Waals surface area contributed by atoms with Crippen LogP contribution < -0.4 is 5.32 Å². The van der Waals surface area contributed by atoms with Crippen LogP contribution in [0.25, 0.3) is 0 Å². The topological polar surface area (TPSA) is 73.6 Å². The average Bonchev–Trinajstić information content (AvgIpc) is 2.92. The lowest BCUT2D eigenvalue weighted by molar-refractivity contribution is -0.384. The van der Waals surface area contributed by atoms with Crippen LogP contribution in [0.4, 0.5) is 15.8 Å². The van der Waals surface area contributed by atoms with Crippen molar-refractivity contribution in [3.05, 3.63) is 34.1 Å². The van der Waals surface area contributed by atoms with Gasteiger partial charge in [-0.15, -0.1) is 0 Å². The van der Waals surface area contributed by atoms with Gasteiger partial charge in [-0.05, 0) is 18.9 Å². The number of nitro groups is 1. The Hall–Kier alpha value is -1.73. The van der Waals surface area contributed by atoms with Gasteiger partial charge in [0.05, 0.1) is 23.8 Å². The number of rotatable bonds is 3. The van der Waals surface area contributed by atoms with E-state index in [9.17, 15) is 14.5 Å². The van der Waals surface area contributed by atoms with E-state index in [0.717, 1.165) is 37.8 Å². The molecule has 1 saturated carbocycles. The van der Waals surface area contributed by atoms with Crippen molar-refractivity contribution in [3.63, 3.8) is 0 Å². The van der Waals surface area contributed by atoms with E-state index in [1.54, 1.807) is 0 Å². The number of nitrogens with zero attached hydrogens (tertiary/aromatic N) is 1. The standard InChI is InChI=1S/C14H17FN2O4/c15-12-2-1-11(17(18)19)9-13(12)16-10-3-5-14(6-4-10)20-7-8-21-14/h1-2,9-10,16H,3-8H2. The first-order chi connectivity index (χ1) is 10.1. The van der Waals surface area contributed by atoms with Gasteiger partial charge in [0.2, 0.25) is 0 Å². The summed E-state index contributed by atoms with van der Waals surface area (Å²) >= 11 is 0. The maximum absolute atomic E-state index is 13.7. The second-order valence-electron chi connectivity index (χ2n) is 5.45. The highest BCUT2D eigenvalue weighted by atomic mass is 19.1. The van der Waals surface area contributed by atoms with Crippen molar-refractivity contribution in [2.24, 2.45) is 0 Å². The van der Waals surface area contributed by atoms with E-state index in [4.69, 9.17) is 9.47 Å². The lowest BCUT2D eigenvalue weighted by Gasteiger charge is -2.36. The number of benzene rings is 1. The van der Waals surface area contributed by atoms with Crippen molar-refractivity contribution in [2.75, 3.05) is 18.5 Å². The largest absolute Gasteiger partial charge is 0.380 e. The van der Waals surface area contributed by atoms with Crippen LogP contribution in [0.2, 0.25) is 0 Å². The summed E-state index contributed by atoms with van der Waals surface area (Å²) in [6, 6.07) is 3.59. The third kappa shape index (κ3) is 2.98. The van der Waals surface area contributed by atoms with E-state index in [1.807, 2.05) is 0 Å². The average molecular weight is 296 g/mol. The number of non-ortho nitro benzene ring substituents is 1. The predicted octanol–water partition coefficient (Wildman–Crippen LogP) is 2.83. The second-order valence-corrected chi connectivity index (χ2v) is 5.45. The van der Waals surface area contributed by atoms with Crippen molar-refractivity contribution in [1.82, 2.24) is 0 Å². The molecule has 1 spiro atoms. The van der Waals surface area contributed by atoms with Crippen molar-refractivity contribution in [1.29, 1.82) is 0 Å². The van der Waals surface area contributed by atoms with Crippen molar-refractivity contribution >= 4 is 11.4 Å². The van der Waals surface area contributed by atoms with Gasteiger partial charge < -0.3 is 14.8 Å². The first-order valence-electron chi connectivity index (χ1n) is 7.06. The van der Waals surface area contributed by atoms with Gasteiger partial charge in [0.1, 0.15) is 5.82 Å². The molecule has 1 aliphatic carbocycles. The van der Waals surface area contributed by atoms with Crippen LogP contribution in [0.15, 0.2) is 18.2 Å². The highest BCUT2D eigenvalue weighted by Gasteiger charge is 2.40. The SMILES string of the molecule is O=[N+]([O-])c1ccc(F)c(NC2CCC3(CC2)OCCO3)c1. The number of ether oxygens (including phenoxy) is 2. The second kappa shape index (κ2) is 5.57. The van der Waals surface area contributed by atoms with Gasteiger partial charge in [0.15, 0.2) is 5.79 Å². The molecule has 1 heterocycles. The maximum Gasteiger partial charge on any atom is 0.271 e. The van der Waals surface area contributed by atoms with E-state index in [1.165, 1.54) is 6.07 Å². The van der Waals surface area contributed by atoms with Crippen LogP contribution in [-0.2, 0) is 9.47 Å². The van der Waals surface area contributed by atoms with Crippen LogP contribution in [0, 0.1) is 15.9 Å². The zero-order chi connectivity index (χ0) is 14.9. The molecule has 2 fully saturated rings. The van der Waals surface area contributed by atoms with Gasteiger partial charge in [0, 0.05) is 31.0 Å². The minimum atomic E-state index is -0.527. The zero-order valence-corrected chi connectivity index (χ0v) is 11.5. The third-order valence-electron chi connectivity index (χ3n) is 4.08. The van der Waals surface area contributed by atoms with Crippen molar-refractivity contribution in [3.8, 4) is 0 Å². The third-order valence-corrected chi connectivity index (χ3v) is 4.08. The molecule has 1 saturated heterocycles. The number of nitro benzene ring substituents is 1. The fraction of sp³-hybridized carbons (Fsp3) is 0.571. The summed E-state index contributed by atoms with van der Waals surface area (Å²) in [5, 5.41) is 13.8. The molecule has 0 aromatic heterocycles. The Bertz CT molecular complexity index is 536. The molecule has 0 bridgehead atoms. The number of anilines is 1. The molecule has 3 rings (SSSR count). The van der Waals surface area contributed by atoms with Crippen LogP contribution in [0.3, 0.4) is 0 Å². The molecule has 1 aromatic carbocycles. The number of halogens is 1. The van der Waals surface area contributed by atoms with Crippen LogP contribution >= 0.6 is 0 Å². The molecular formula is C14H17FN2O4. The van der Waals surface area contributed by atoms with Crippen molar-refractivity contribution < 1.29 is 18.8 Å². The Morgan fingerprint density at radius 3 is 2.57 bits per heavy atom. The first-order valence-corrected chi connectivity index (χ1v) is 7.06. The molecule has 114 valence electrons. The highest BCUT2D eigenvalue weighted by Crippen LogP contribution is 2.37. The van der Waals surface area contributed by atoms with Gasteiger partial charge in [-0.3, -0.25) is 10.1 Å². The minimum Gasteiger partial charge on any atom is -0.380 e. The van der Waals surface area contributed by atoms with E-state index in [-0.39, 0.29) is 17.4 Å². The van der Waals surface area contributed by atoms with Gasteiger partial charge in [-0.1, -0.05) is 0 Å². The van der Waals surface area contributed by atoms with E-state index < -0.39 is 16.5 Å². The molecule has 0 amide bonds. The zero-order valence-electron chi connectivity index (χ0n) is 11.5. The van der Waals surface area contributed by atoms with E-state index >= 15 is 0 Å². The van der Waals surface area contributed by atoms with Crippen molar-refractivity contribution in [2.45, 2.75) is 37.5 Å². The Kier molecular flexibility index (Phi) is 3.77. The molecule has 1 N–H and O–H groups in total. The highest BCUT2D eigenvalue weighted by molar-refractivity contribution is 5.52. The molecule has 0 unspecified atom stereocenters. The smallest absolute Gasteiger partial charge is 0.271 e. The maximum atomic E-state index is 13.7. The molecule has 21 heavy (non-hydrogen) atoms. The van der Waals surface area contributed by atoms with Crippen LogP contribution in [0.5, 0.6) is 0 Å². The molecule has 0 radical (unpaired) electrons. The lowest BCUT2D eigenvalue weighted by Crippen LogP contribution is -2.39. The van der Waals surface area contributed by atoms with E-state index in [0.29, 0.717) is 13.2 Å². The van der Waals surface area contributed by atoms with Gasteiger partial charge in [-0.25, -0.2) is 4.39 Å². The molecule has 0 atom stereocenters. The van der Waals surface area contributed by atoms with Gasteiger partial charge in [0.25, 0.3) is 5.69 Å². The van der Waals surface area contributed by atoms with Crippen LogP contribution in [0.1, 0.15) is 25.7 Å². The summed E-state index contributed by atoms with van der Waals surface area (Å²) in [4.78, 5) is 10.2. The monoisotopic (exact) mass is 296 g/mol. The Morgan fingerprint density at radius 1 is 1.29 bits per heavy atom. The summed E-state index contributed by atoms with van der Waals surface area (Å²) in [5.41, 5.74) is 0.0621. The van der Waals surface area contributed by atoms with E-state index in [2.05, 4.69) is 5.32 Å². The number of hydrogen-bond donors (Lipinski definition) is 1. The quantitative estimate of drug-likeness (QED) is 0.686. The summed E-state index contributed by atoms with van der Waals surface area (Å²) in [6.45, 7) is 1.25. The molecule has 2 aliphatic rings. The van der Waals surface area contributed by atoms with Gasteiger partial charge >= 0.3 is 0 Å². The summed E-state index contributed by atoms with van der Waals surface area (Å²) in [7, 11) is 0. The first kappa shape index (κ1) is 14.2. The predicted molar refractivity (Wildman–Crippen MR) is 73.6 cm³/mol. The summed E-state index contributed by atoms with van der Waals surface area (Å²) in [6.07, 6.45) is 3.06. The molecular weight excluding hydrogens is 279 g/mol. The number of hydrogen-bond acceptors (Lipinski definition) is 5. The Labute approximate surface area is 121 Å². The molecule has 1 aromatic rings. The van der Waals surface area contributed by atoms with Crippen LogP contribution in [-0.4, -0.2) is 30.0 Å². The minimum absolute atomic E-state index is 0.0694. The fourth-order valence-corrected chi connectivity index (χ4v) is 2.94. The normalized spacial score (nSPS) is 21.6. The lowest BCUT2D eigenvalue weighted by atomic mass is 9.90. The Balaban J connectivity index is 1.65. The fourth-order valence-electron chi connectivity index (χ4n) is 2.94. The number of nitrogens with one attached hydrogen (secondary N) is 1.